The Morgan fingerprint density at radius 2 is 1.48 bits per heavy atom. The molecule has 12 heteroatoms. The van der Waals surface area contributed by atoms with E-state index in [1.807, 2.05) is 0 Å². The third kappa shape index (κ3) is 5.74. The number of aliphatic hydroxyl groups excluding tert-OH is 1. The van der Waals surface area contributed by atoms with Gasteiger partial charge in [-0.15, -0.1) is 0 Å². The molecule has 0 bridgehead atoms. The average Bonchev–Trinajstić information content (AvgIpc) is 2.52. The molecule has 1 heterocycles. The summed E-state index contributed by atoms with van der Waals surface area (Å²) in [4.78, 5) is 2.14. The molecular weight excluding hydrogens is 421 g/mol. The Hall–Kier alpha value is -1.56. The van der Waals surface area contributed by atoms with Gasteiger partial charge in [-0.25, -0.2) is 13.8 Å². The van der Waals surface area contributed by atoms with Crippen molar-refractivity contribution in [3.05, 3.63) is 28.8 Å². The zero-order valence-corrected chi connectivity index (χ0v) is 15.9. The summed E-state index contributed by atoms with van der Waals surface area (Å²) in [6, 6.07) is 0. The van der Waals surface area contributed by atoms with E-state index in [4.69, 9.17) is 4.74 Å². The van der Waals surface area contributed by atoms with Crippen molar-refractivity contribution in [2.75, 3.05) is 6.61 Å². The average molecular weight is 441 g/mol. The molecule has 0 aliphatic carbocycles. The number of aliphatic hydroxyl groups is 1. The van der Waals surface area contributed by atoms with E-state index in [0.29, 0.717) is 0 Å². The normalized spacial score (nSPS) is 16.6. The maximum absolute atomic E-state index is 14.5. The molecule has 1 rings (SSSR count). The number of hydrogen-bond donors (Lipinski definition) is 1. The quantitative estimate of drug-likeness (QED) is 0.464. The molecule has 0 aliphatic rings. The predicted octanol–water partition coefficient (Wildman–Crippen LogP) is 5.57. The van der Waals surface area contributed by atoms with Crippen LogP contribution in [-0.2, 0) is 10.9 Å². The summed E-state index contributed by atoms with van der Waals surface area (Å²) in [5, 5.41) is 10.2. The van der Waals surface area contributed by atoms with Crippen molar-refractivity contribution in [1.82, 2.24) is 4.98 Å². The number of halogens is 9. The first-order valence-corrected chi connectivity index (χ1v) is 8.42. The molecule has 3 atom stereocenters. The van der Waals surface area contributed by atoms with Crippen LogP contribution in [0.1, 0.15) is 51.5 Å². The number of hydrogen-bond acceptors (Lipinski definition) is 3. The molecule has 0 saturated heterocycles. The van der Waals surface area contributed by atoms with Crippen LogP contribution in [0.4, 0.5) is 39.5 Å². The highest BCUT2D eigenvalue weighted by Gasteiger charge is 2.55. The van der Waals surface area contributed by atoms with Crippen LogP contribution in [-0.4, -0.2) is 29.0 Å². The van der Waals surface area contributed by atoms with Crippen LogP contribution in [0.2, 0.25) is 0 Å². The van der Waals surface area contributed by atoms with Gasteiger partial charge in [0.15, 0.2) is 17.3 Å². The van der Waals surface area contributed by atoms with Crippen molar-refractivity contribution in [3.63, 3.8) is 0 Å². The van der Waals surface area contributed by atoms with Crippen molar-refractivity contribution in [2.24, 2.45) is 11.3 Å². The first-order valence-electron chi connectivity index (χ1n) is 8.42. The maximum Gasteiger partial charge on any atom is 0.436 e. The van der Waals surface area contributed by atoms with Crippen LogP contribution in [0.5, 0.6) is 0 Å². The van der Waals surface area contributed by atoms with E-state index in [9.17, 15) is 44.6 Å². The second kappa shape index (κ2) is 8.66. The summed E-state index contributed by atoms with van der Waals surface area (Å²) < 4.78 is 127. The SMILES string of the molecule is CCCOC(c1c(F)c(F)nc(C(F)(F)F)c1F)C(C(O)C(C)(C)C)C(F)(F)F. The van der Waals surface area contributed by atoms with Crippen LogP contribution in [0.3, 0.4) is 0 Å². The Labute approximate surface area is 160 Å². The van der Waals surface area contributed by atoms with E-state index in [2.05, 4.69) is 4.98 Å². The van der Waals surface area contributed by atoms with Gasteiger partial charge in [-0.1, -0.05) is 27.7 Å². The molecule has 1 aromatic heterocycles. The highest BCUT2D eigenvalue weighted by molar-refractivity contribution is 5.27. The van der Waals surface area contributed by atoms with E-state index >= 15 is 0 Å². The number of nitrogens with zero attached hydrogens (tertiary/aromatic N) is 1. The molecule has 3 nitrogen and oxygen atoms in total. The molecule has 3 unspecified atom stereocenters. The van der Waals surface area contributed by atoms with Gasteiger partial charge in [-0.05, 0) is 11.8 Å². The van der Waals surface area contributed by atoms with Crippen LogP contribution in [0.15, 0.2) is 0 Å². The van der Waals surface area contributed by atoms with Crippen LogP contribution >= 0.6 is 0 Å². The van der Waals surface area contributed by atoms with Gasteiger partial charge in [0.25, 0.3) is 0 Å². The van der Waals surface area contributed by atoms with Gasteiger partial charge in [0.05, 0.1) is 11.7 Å². The van der Waals surface area contributed by atoms with Gasteiger partial charge < -0.3 is 9.84 Å². The number of rotatable bonds is 6. The summed E-state index contributed by atoms with van der Waals surface area (Å²) in [5.41, 5.74) is -5.97. The first-order chi connectivity index (χ1) is 12.9. The Morgan fingerprint density at radius 3 is 1.86 bits per heavy atom. The van der Waals surface area contributed by atoms with E-state index in [0.717, 1.165) is 0 Å². The monoisotopic (exact) mass is 441 g/mol. The Kier molecular flexibility index (Phi) is 7.61. The van der Waals surface area contributed by atoms with Gasteiger partial charge in [0, 0.05) is 6.61 Å². The van der Waals surface area contributed by atoms with Crippen molar-refractivity contribution >= 4 is 0 Å². The van der Waals surface area contributed by atoms with Crippen LogP contribution < -0.4 is 0 Å². The molecule has 0 amide bonds. The molecule has 29 heavy (non-hydrogen) atoms. The molecule has 1 aromatic rings. The third-order valence-corrected chi connectivity index (χ3v) is 4.06. The van der Waals surface area contributed by atoms with Gasteiger partial charge in [0.1, 0.15) is 12.0 Å². The van der Waals surface area contributed by atoms with E-state index in [1.54, 1.807) is 0 Å². The number of pyridine rings is 1. The molecule has 0 aromatic carbocycles. The predicted molar refractivity (Wildman–Crippen MR) is 83.1 cm³/mol. The molecule has 168 valence electrons. The topological polar surface area (TPSA) is 42.4 Å². The summed E-state index contributed by atoms with van der Waals surface area (Å²) in [7, 11) is 0. The lowest BCUT2D eigenvalue weighted by Crippen LogP contribution is -2.46. The third-order valence-electron chi connectivity index (χ3n) is 4.06. The fourth-order valence-corrected chi connectivity index (χ4v) is 2.64. The summed E-state index contributed by atoms with van der Waals surface area (Å²) >= 11 is 0. The van der Waals surface area contributed by atoms with Crippen molar-refractivity contribution in [3.8, 4) is 0 Å². The molecule has 0 aliphatic heterocycles. The first kappa shape index (κ1) is 25.5. The fourth-order valence-electron chi connectivity index (χ4n) is 2.64. The number of alkyl halides is 6. The number of ether oxygens (including phenoxy) is 1. The molecule has 0 radical (unpaired) electrons. The zero-order valence-electron chi connectivity index (χ0n) is 15.9. The lowest BCUT2D eigenvalue weighted by Gasteiger charge is -2.38. The standard InChI is InChI=1S/C17H20F9NO2/c1-5-6-29-11(8(16(21,22)23)13(28)15(2,3)4)7-9(18)12(17(24,25)26)27-14(20)10(7)19/h8,11,13,28H,5-6H2,1-4H3. The highest BCUT2D eigenvalue weighted by Crippen LogP contribution is 2.47. The van der Waals surface area contributed by atoms with Crippen LogP contribution in [0.25, 0.3) is 0 Å². The maximum atomic E-state index is 14.5. The Balaban J connectivity index is 3.85. The van der Waals surface area contributed by atoms with Gasteiger partial charge >= 0.3 is 12.4 Å². The highest BCUT2D eigenvalue weighted by atomic mass is 19.4. The van der Waals surface area contributed by atoms with Gasteiger partial charge in [0.2, 0.25) is 5.95 Å². The largest absolute Gasteiger partial charge is 0.436 e. The van der Waals surface area contributed by atoms with Gasteiger partial charge in [-0.3, -0.25) is 0 Å². The van der Waals surface area contributed by atoms with Crippen LogP contribution in [0, 0.1) is 28.9 Å². The molecule has 1 N–H and O–H groups in total. The Morgan fingerprint density at radius 1 is 0.966 bits per heavy atom. The minimum Gasteiger partial charge on any atom is -0.392 e. The van der Waals surface area contributed by atoms with Crippen molar-refractivity contribution in [2.45, 2.75) is 58.7 Å². The molecule has 0 fully saturated rings. The van der Waals surface area contributed by atoms with Crippen molar-refractivity contribution < 1.29 is 49.4 Å². The van der Waals surface area contributed by atoms with E-state index in [-0.39, 0.29) is 6.42 Å². The lowest BCUT2D eigenvalue weighted by atomic mass is 9.77. The van der Waals surface area contributed by atoms with E-state index in [1.165, 1.54) is 27.7 Å². The summed E-state index contributed by atoms with van der Waals surface area (Å²) in [5.74, 6) is -10.4. The smallest absolute Gasteiger partial charge is 0.392 e. The second-order valence-electron chi connectivity index (χ2n) is 7.46. The molecule has 0 saturated carbocycles. The van der Waals surface area contributed by atoms with E-state index < -0.39 is 71.3 Å². The minimum atomic E-state index is -5.61. The Bertz CT molecular complexity index is 711. The fraction of sp³-hybridized carbons (Fsp3) is 0.706. The molecule has 0 spiro atoms. The second-order valence-corrected chi connectivity index (χ2v) is 7.46. The zero-order chi connectivity index (χ0) is 22.9. The summed E-state index contributed by atoms with van der Waals surface area (Å²) in [6.07, 6.45) is -16.1. The molecular formula is C17H20F9NO2. The van der Waals surface area contributed by atoms with Gasteiger partial charge in [-0.2, -0.15) is 30.7 Å². The summed E-state index contributed by atoms with van der Waals surface area (Å²) in [6.45, 7) is 4.38. The minimum absolute atomic E-state index is 0.0234. The lowest BCUT2D eigenvalue weighted by molar-refractivity contribution is -0.248. The van der Waals surface area contributed by atoms with Crippen molar-refractivity contribution in [1.29, 1.82) is 0 Å². The number of aromatic nitrogens is 1.